The van der Waals surface area contributed by atoms with Crippen LogP contribution < -0.4 is 10.6 Å². The lowest BCUT2D eigenvalue weighted by Crippen LogP contribution is -2.35. The van der Waals surface area contributed by atoms with E-state index in [-0.39, 0.29) is 29.7 Å². The zero-order valence-electron chi connectivity index (χ0n) is 16.3. The summed E-state index contributed by atoms with van der Waals surface area (Å²) in [6, 6.07) is 6.14. The van der Waals surface area contributed by atoms with Crippen LogP contribution in [0, 0.1) is 16.0 Å². The van der Waals surface area contributed by atoms with Gasteiger partial charge in [-0.3, -0.25) is 10.1 Å². The molecule has 2 rings (SSSR count). The van der Waals surface area contributed by atoms with E-state index in [9.17, 15) is 35.0 Å². The fraction of sp³-hybridized carbons (Fsp3) is 0.316. The predicted octanol–water partition coefficient (Wildman–Crippen LogP) is 2.32. The number of nitro groups is 1. The van der Waals surface area contributed by atoms with Crippen molar-refractivity contribution in [1.29, 1.82) is 0 Å². The molecule has 30 heavy (non-hydrogen) atoms. The average Bonchev–Trinajstić information content (AvgIpc) is 2.66. The number of phenolic OH excluding ortho intramolecular Hbond substituents is 1. The van der Waals surface area contributed by atoms with Crippen LogP contribution in [0.5, 0.6) is 5.75 Å². The maximum atomic E-state index is 11.7. The maximum Gasteiger partial charge on any atom is 0.326 e. The van der Waals surface area contributed by atoms with Crippen molar-refractivity contribution in [3.8, 4) is 5.75 Å². The lowest BCUT2D eigenvalue weighted by molar-refractivity contribution is -0.384. The molecule has 0 radical (unpaired) electrons. The molecule has 0 spiro atoms. The fourth-order valence-electron chi connectivity index (χ4n) is 2.69. The lowest BCUT2D eigenvalue weighted by atomic mass is 10.0. The summed E-state index contributed by atoms with van der Waals surface area (Å²) in [7, 11) is 0. The standard InChI is InChI=1S/C19H22N4O7/c1-10(2)16(19(27)28)22-17-14(23(29)30)7-8-15(21-17)20-13(18(25)26)9-11-3-5-12(24)6-4-11/h3-8,10,13,16,24H,9H2,1-2H3,(H,25,26)(H,27,28)(H2,20,21,22)/t13-,16-/m1/s1. The minimum absolute atomic E-state index is 0.0298. The van der Waals surface area contributed by atoms with Gasteiger partial charge in [0.1, 0.15) is 23.7 Å². The van der Waals surface area contributed by atoms with Gasteiger partial charge in [0.15, 0.2) is 0 Å². The molecule has 0 aliphatic heterocycles. The van der Waals surface area contributed by atoms with Crippen LogP contribution in [0.4, 0.5) is 17.3 Å². The normalized spacial score (nSPS) is 12.8. The number of hydrogen-bond acceptors (Lipinski definition) is 8. The van der Waals surface area contributed by atoms with E-state index in [0.29, 0.717) is 5.56 Å². The molecule has 1 heterocycles. The third-order valence-electron chi connectivity index (χ3n) is 4.29. The van der Waals surface area contributed by atoms with Crippen LogP contribution in [0.2, 0.25) is 0 Å². The number of hydrogen-bond donors (Lipinski definition) is 5. The first-order chi connectivity index (χ1) is 14.1. The quantitative estimate of drug-likeness (QED) is 0.284. The van der Waals surface area contributed by atoms with Gasteiger partial charge >= 0.3 is 17.6 Å². The summed E-state index contributed by atoms with van der Waals surface area (Å²) in [6.07, 6.45) is 0.0563. The summed E-state index contributed by atoms with van der Waals surface area (Å²) >= 11 is 0. The van der Waals surface area contributed by atoms with Crippen molar-refractivity contribution >= 4 is 29.3 Å². The van der Waals surface area contributed by atoms with Gasteiger partial charge in [0, 0.05) is 12.5 Å². The van der Waals surface area contributed by atoms with Gasteiger partial charge in [-0.15, -0.1) is 0 Å². The number of benzene rings is 1. The van der Waals surface area contributed by atoms with E-state index in [2.05, 4.69) is 15.6 Å². The first-order valence-corrected chi connectivity index (χ1v) is 9.00. The fourth-order valence-corrected chi connectivity index (χ4v) is 2.69. The molecule has 0 bridgehead atoms. The SMILES string of the molecule is CC(C)[C@@H](Nc1nc(N[C@H](Cc2ccc(O)cc2)C(=O)O)ccc1[N+](=O)[O-])C(=O)O. The Labute approximate surface area is 171 Å². The molecule has 2 atom stereocenters. The van der Waals surface area contributed by atoms with E-state index in [1.54, 1.807) is 26.0 Å². The minimum Gasteiger partial charge on any atom is -0.508 e. The number of carboxylic acids is 2. The van der Waals surface area contributed by atoms with Crippen molar-refractivity contribution in [2.45, 2.75) is 32.4 Å². The summed E-state index contributed by atoms with van der Waals surface area (Å²) in [4.78, 5) is 37.7. The number of anilines is 2. The Kier molecular flexibility index (Phi) is 7.13. The van der Waals surface area contributed by atoms with Gasteiger partial charge in [-0.1, -0.05) is 26.0 Å². The Morgan fingerprint density at radius 2 is 1.70 bits per heavy atom. The summed E-state index contributed by atoms with van der Waals surface area (Å²) < 4.78 is 0. The summed E-state index contributed by atoms with van der Waals surface area (Å²) in [5.74, 6) is -2.97. The van der Waals surface area contributed by atoms with Crippen LogP contribution in [-0.4, -0.2) is 49.2 Å². The van der Waals surface area contributed by atoms with Crippen LogP contribution in [0.1, 0.15) is 19.4 Å². The van der Waals surface area contributed by atoms with Crippen molar-refractivity contribution in [3.63, 3.8) is 0 Å². The van der Waals surface area contributed by atoms with Gasteiger partial charge in [0.2, 0.25) is 5.82 Å². The molecular formula is C19H22N4O7. The Bertz CT molecular complexity index is 931. The molecule has 5 N–H and O–H groups in total. The third kappa shape index (κ3) is 5.80. The van der Waals surface area contributed by atoms with E-state index in [1.165, 1.54) is 18.2 Å². The van der Waals surface area contributed by atoms with Crippen molar-refractivity contribution in [1.82, 2.24) is 4.98 Å². The highest BCUT2D eigenvalue weighted by Crippen LogP contribution is 2.26. The molecule has 0 saturated heterocycles. The van der Waals surface area contributed by atoms with Crippen molar-refractivity contribution in [2.24, 2.45) is 5.92 Å². The number of nitrogens with one attached hydrogen (secondary N) is 2. The molecule has 11 nitrogen and oxygen atoms in total. The first-order valence-electron chi connectivity index (χ1n) is 9.00. The number of aliphatic carboxylic acids is 2. The Hall–Kier alpha value is -3.89. The first kappa shape index (κ1) is 22.4. The van der Waals surface area contributed by atoms with Gasteiger partial charge < -0.3 is 26.0 Å². The third-order valence-corrected chi connectivity index (χ3v) is 4.29. The highest BCUT2D eigenvalue weighted by molar-refractivity contribution is 5.79. The molecule has 1 aromatic carbocycles. The van der Waals surface area contributed by atoms with Crippen molar-refractivity contribution in [2.75, 3.05) is 10.6 Å². The molecule has 0 fully saturated rings. The number of nitrogens with zero attached hydrogens (tertiary/aromatic N) is 2. The van der Waals surface area contributed by atoms with Crippen LogP contribution >= 0.6 is 0 Å². The van der Waals surface area contributed by atoms with Gasteiger partial charge in [0.05, 0.1) is 4.92 Å². The molecule has 2 aromatic rings. The molecule has 1 aromatic heterocycles. The number of aromatic nitrogens is 1. The van der Waals surface area contributed by atoms with Gasteiger partial charge in [-0.2, -0.15) is 0 Å². The molecular weight excluding hydrogens is 396 g/mol. The summed E-state index contributed by atoms with van der Waals surface area (Å²) in [5.41, 5.74) is 0.205. The number of rotatable bonds is 10. The van der Waals surface area contributed by atoms with E-state index in [0.717, 1.165) is 6.07 Å². The Balaban J connectivity index is 2.30. The summed E-state index contributed by atoms with van der Waals surface area (Å²) in [6.45, 7) is 3.27. The van der Waals surface area contributed by atoms with Crippen molar-refractivity contribution < 1.29 is 29.8 Å². The van der Waals surface area contributed by atoms with Crippen LogP contribution in [0.25, 0.3) is 0 Å². The largest absolute Gasteiger partial charge is 0.508 e. The predicted molar refractivity (Wildman–Crippen MR) is 108 cm³/mol. The highest BCUT2D eigenvalue weighted by Gasteiger charge is 2.27. The molecule has 0 aliphatic carbocycles. The zero-order valence-corrected chi connectivity index (χ0v) is 16.3. The van der Waals surface area contributed by atoms with Gasteiger partial charge in [-0.25, -0.2) is 14.6 Å². The van der Waals surface area contributed by atoms with E-state index in [4.69, 9.17) is 0 Å². The maximum absolute atomic E-state index is 11.7. The van der Waals surface area contributed by atoms with Crippen LogP contribution in [0.15, 0.2) is 36.4 Å². The van der Waals surface area contributed by atoms with E-state index < -0.39 is 34.6 Å². The van der Waals surface area contributed by atoms with Gasteiger partial charge in [-0.05, 0) is 29.7 Å². The second-order valence-corrected chi connectivity index (χ2v) is 6.93. The summed E-state index contributed by atoms with van der Waals surface area (Å²) in [5, 5.41) is 44.7. The Morgan fingerprint density at radius 1 is 1.07 bits per heavy atom. The highest BCUT2D eigenvalue weighted by atomic mass is 16.6. The number of phenols is 1. The van der Waals surface area contributed by atoms with E-state index in [1.807, 2.05) is 0 Å². The Morgan fingerprint density at radius 3 is 2.20 bits per heavy atom. The zero-order chi connectivity index (χ0) is 22.4. The molecule has 160 valence electrons. The van der Waals surface area contributed by atoms with Crippen LogP contribution in [-0.2, 0) is 16.0 Å². The monoisotopic (exact) mass is 418 g/mol. The van der Waals surface area contributed by atoms with Crippen molar-refractivity contribution in [3.05, 3.63) is 52.1 Å². The number of carboxylic acid groups (broad SMARTS) is 2. The van der Waals surface area contributed by atoms with Crippen LogP contribution in [0.3, 0.4) is 0 Å². The topological polar surface area (TPSA) is 175 Å². The number of carbonyl (C=O) groups is 2. The molecule has 0 unspecified atom stereocenters. The molecule has 0 amide bonds. The van der Waals surface area contributed by atoms with E-state index >= 15 is 0 Å². The second-order valence-electron chi connectivity index (χ2n) is 6.93. The van der Waals surface area contributed by atoms with Gasteiger partial charge in [0.25, 0.3) is 0 Å². The second kappa shape index (κ2) is 9.54. The molecule has 0 saturated carbocycles. The molecule has 11 heteroatoms. The molecule has 0 aliphatic rings. The smallest absolute Gasteiger partial charge is 0.326 e. The average molecular weight is 418 g/mol. The lowest BCUT2D eigenvalue weighted by Gasteiger charge is -2.20. The number of aromatic hydroxyl groups is 1. The number of pyridine rings is 1. The minimum atomic E-state index is -1.20.